The van der Waals surface area contributed by atoms with Gasteiger partial charge in [0.2, 0.25) is 0 Å². The van der Waals surface area contributed by atoms with Crippen LogP contribution in [0.3, 0.4) is 0 Å². The van der Waals surface area contributed by atoms with Gasteiger partial charge in [0.15, 0.2) is 0 Å². The van der Waals surface area contributed by atoms with Crippen LogP contribution in [0.1, 0.15) is 25.0 Å². The largest absolute Gasteiger partial charge is 0.480 e. The summed E-state index contributed by atoms with van der Waals surface area (Å²) in [5, 5.41) is 8.67. The Labute approximate surface area is 94.1 Å². The number of nitrogens with two attached hydrogens (primary N) is 1. The van der Waals surface area contributed by atoms with Crippen molar-refractivity contribution >= 4 is 5.97 Å². The molecule has 0 spiro atoms. The third-order valence-electron chi connectivity index (χ3n) is 2.39. The average molecular weight is 225 g/mol. The first-order valence-corrected chi connectivity index (χ1v) is 5.07. The first kappa shape index (κ1) is 12.6. The number of rotatable bonds is 4. The zero-order chi connectivity index (χ0) is 12.3. The van der Waals surface area contributed by atoms with Gasteiger partial charge in [-0.1, -0.05) is 24.3 Å². The Morgan fingerprint density at radius 3 is 2.69 bits per heavy atom. The van der Waals surface area contributed by atoms with Gasteiger partial charge in [0.1, 0.15) is 11.7 Å². The molecular formula is C12H16FNO2. The average Bonchev–Trinajstić information content (AvgIpc) is 2.16. The summed E-state index contributed by atoms with van der Waals surface area (Å²) < 4.78 is 13.6. The monoisotopic (exact) mass is 225 g/mol. The molecule has 4 heteroatoms. The molecule has 1 aromatic carbocycles. The molecule has 0 aromatic heterocycles. The van der Waals surface area contributed by atoms with Crippen molar-refractivity contribution in [3.63, 3.8) is 0 Å². The van der Waals surface area contributed by atoms with E-state index >= 15 is 0 Å². The highest BCUT2D eigenvalue weighted by molar-refractivity contribution is 5.73. The van der Waals surface area contributed by atoms with Gasteiger partial charge in [-0.3, -0.25) is 4.79 Å². The molecule has 0 saturated heterocycles. The molecule has 1 rings (SSSR count). The predicted molar refractivity (Wildman–Crippen MR) is 59.9 cm³/mol. The third kappa shape index (κ3) is 3.31. The van der Waals surface area contributed by atoms with Crippen LogP contribution in [0.4, 0.5) is 4.39 Å². The van der Waals surface area contributed by atoms with Gasteiger partial charge in [-0.2, -0.15) is 0 Å². The minimum absolute atomic E-state index is 0.208. The standard InChI is InChI=1S/C12H16FNO2/c1-12(2,13)9-5-3-4-8(6-9)7-10(14)11(15)16/h3-6,10H,7,14H2,1-2H3,(H,15,16). The van der Waals surface area contributed by atoms with E-state index in [0.717, 1.165) is 5.56 Å². The number of hydrogen-bond acceptors (Lipinski definition) is 2. The van der Waals surface area contributed by atoms with Gasteiger partial charge in [0.05, 0.1) is 0 Å². The molecule has 1 aromatic rings. The van der Waals surface area contributed by atoms with E-state index in [2.05, 4.69) is 0 Å². The molecule has 3 N–H and O–H groups in total. The van der Waals surface area contributed by atoms with Gasteiger partial charge in [-0.05, 0) is 31.4 Å². The van der Waals surface area contributed by atoms with Crippen molar-refractivity contribution in [1.29, 1.82) is 0 Å². The predicted octanol–water partition coefficient (Wildman–Crippen LogP) is 1.85. The number of benzene rings is 1. The second kappa shape index (κ2) is 4.61. The van der Waals surface area contributed by atoms with E-state index in [-0.39, 0.29) is 6.42 Å². The van der Waals surface area contributed by atoms with Gasteiger partial charge in [-0.25, -0.2) is 4.39 Å². The zero-order valence-corrected chi connectivity index (χ0v) is 9.40. The van der Waals surface area contributed by atoms with Crippen LogP contribution in [0.5, 0.6) is 0 Å². The first-order valence-electron chi connectivity index (χ1n) is 5.07. The van der Waals surface area contributed by atoms with E-state index in [9.17, 15) is 9.18 Å². The van der Waals surface area contributed by atoms with Crippen LogP contribution in [0.2, 0.25) is 0 Å². The van der Waals surface area contributed by atoms with Gasteiger partial charge in [0.25, 0.3) is 0 Å². The molecule has 0 aliphatic rings. The maximum Gasteiger partial charge on any atom is 0.320 e. The Morgan fingerprint density at radius 2 is 2.19 bits per heavy atom. The third-order valence-corrected chi connectivity index (χ3v) is 2.39. The zero-order valence-electron chi connectivity index (χ0n) is 9.40. The highest BCUT2D eigenvalue weighted by Gasteiger charge is 2.19. The lowest BCUT2D eigenvalue weighted by Crippen LogP contribution is -2.32. The lowest BCUT2D eigenvalue weighted by molar-refractivity contribution is -0.138. The topological polar surface area (TPSA) is 63.3 Å². The minimum atomic E-state index is -1.43. The Hall–Kier alpha value is -1.42. The number of hydrogen-bond donors (Lipinski definition) is 2. The first-order chi connectivity index (χ1) is 7.30. The number of carboxylic acids is 1. The molecule has 0 aliphatic carbocycles. The van der Waals surface area contributed by atoms with E-state index in [1.807, 2.05) is 0 Å². The number of halogens is 1. The summed E-state index contributed by atoms with van der Waals surface area (Å²) in [6.07, 6.45) is 0.208. The Morgan fingerprint density at radius 1 is 1.56 bits per heavy atom. The summed E-state index contributed by atoms with van der Waals surface area (Å²) in [5.41, 5.74) is 5.25. The maximum atomic E-state index is 13.6. The fourth-order valence-corrected chi connectivity index (χ4v) is 1.41. The summed E-state index contributed by atoms with van der Waals surface area (Å²) in [6.45, 7) is 2.92. The van der Waals surface area contributed by atoms with Crippen molar-refractivity contribution in [1.82, 2.24) is 0 Å². The molecule has 0 radical (unpaired) electrons. The molecule has 88 valence electrons. The SMILES string of the molecule is CC(C)(F)c1cccc(CC(N)C(=O)O)c1. The van der Waals surface area contributed by atoms with E-state index < -0.39 is 17.7 Å². The Bertz CT molecular complexity index is 385. The number of carboxylic acid groups (broad SMARTS) is 1. The van der Waals surface area contributed by atoms with Gasteiger partial charge < -0.3 is 10.8 Å². The lowest BCUT2D eigenvalue weighted by Gasteiger charge is -2.16. The summed E-state index contributed by atoms with van der Waals surface area (Å²) in [7, 11) is 0. The van der Waals surface area contributed by atoms with Crippen LogP contribution < -0.4 is 5.73 Å². The fourth-order valence-electron chi connectivity index (χ4n) is 1.41. The quantitative estimate of drug-likeness (QED) is 0.821. The van der Waals surface area contributed by atoms with Crippen molar-refractivity contribution in [2.45, 2.75) is 32.0 Å². The molecule has 3 nitrogen and oxygen atoms in total. The molecule has 0 aliphatic heterocycles. The van der Waals surface area contributed by atoms with Gasteiger partial charge >= 0.3 is 5.97 Å². The summed E-state index contributed by atoms with van der Waals surface area (Å²) in [5.74, 6) is -1.05. The Kier molecular flexibility index (Phi) is 3.65. The van der Waals surface area contributed by atoms with Crippen molar-refractivity contribution in [2.24, 2.45) is 5.73 Å². The lowest BCUT2D eigenvalue weighted by atomic mass is 9.96. The highest BCUT2D eigenvalue weighted by atomic mass is 19.1. The fraction of sp³-hybridized carbons (Fsp3) is 0.417. The van der Waals surface area contributed by atoms with Crippen LogP contribution in [0.25, 0.3) is 0 Å². The van der Waals surface area contributed by atoms with E-state index in [1.165, 1.54) is 13.8 Å². The molecule has 0 heterocycles. The normalized spacial score (nSPS) is 13.5. The molecule has 1 unspecified atom stereocenters. The summed E-state index contributed by atoms with van der Waals surface area (Å²) >= 11 is 0. The van der Waals surface area contributed by atoms with Gasteiger partial charge in [0, 0.05) is 0 Å². The summed E-state index contributed by atoms with van der Waals surface area (Å²) in [4.78, 5) is 10.6. The number of carbonyl (C=O) groups is 1. The van der Waals surface area contributed by atoms with Crippen molar-refractivity contribution < 1.29 is 14.3 Å². The second-order valence-electron chi connectivity index (χ2n) is 4.32. The molecule has 1 atom stereocenters. The molecule has 0 bridgehead atoms. The van der Waals surface area contributed by atoms with Crippen molar-refractivity contribution in [3.05, 3.63) is 35.4 Å². The highest BCUT2D eigenvalue weighted by Crippen LogP contribution is 2.25. The van der Waals surface area contributed by atoms with Crippen LogP contribution >= 0.6 is 0 Å². The van der Waals surface area contributed by atoms with Crippen LogP contribution in [-0.2, 0) is 16.9 Å². The molecule has 0 saturated carbocycles. The minimum Gasteiger partial charge on any atom is -0.480 e. The summed E-state index contributed by atoms with van der Waals surface area (Å²) in [6, 6.07) is 5.84. The smallest absolute Gasteiger partial charge is 0.320 e. The molecular weight excluding hydrogens is 209 g/mol. The number of aliphatic carboxylic acids is 1. The molecule has 16 heavy (non-hydrogen) atoms. The van der Waals surface area contributed by atoms with E-state index in [4.69, 9.17) is 10.8 Å². The Balaban J connectivity index is 2.87. The maximum absolute atomic E-state index is 13.6. The molecule has 0 fully saturated rings. The van der Waals surface area contributed by atoms with Crippen LogP contribution in [0, 0.1) is 0 Å². The van der Waals surface area contributed by atoms with Gasteiger partial charge in [-0.15, -0.1) is 0 Å². The second-order valence-corrected chi connectivity index (χ2v) is 4.32. The van der Waals surface area contributed by atoms with Crippen molar-refractivity contribution in [3.8, 4) is 0 Å². The van der Waals surface area contributed by atoms with Crippen LogP contribution in [-0.4, -0.2) is 17.1 Å². The molecule has 0 amide bonds. The number of alkyl halides is 1. The van der Waals surface area contributed by atoms with E-state index in [1.54, 1.807) is 24.3 Å². The van der Waals surface area contributed by atoms with Crippen molar-refractivity contribution in [2.75, 3.05) is 0 Å². The van der Waals surface area contributed by atoms with E-state index in [0.29, 0.717) is 5.56 Å². The van der Waals surface area contributed by atoms with Crippen LogP contribution in [0.15, 0.2) is 24.3 Å².